The lowest BCUT2D eigenvalue weighted by molar-refractivity contribution is 0.401. The van der Waals surface area contributed by atoms with E-state index in [1.54, 1.807) is 0 Å². The molecule has 0 aliphatic carbocycles. The van der Waals surface area contributed by atoms with Crippen molar-refractivity contribution in [2.45, 2.75) is 18.0 Å². The number of hydrogen-bond donors (Lipinski definition) is 1. The summed E-state index contributed by atoms with van der Waals surface area (Å²) in [6, 6.07) is 20.5. The summed E-state index contributed by atoms with van der Waals surface area (Å²) in [6.07, 6.45) is 2.78. The number of nitrogens with two attached hydrogens (primary N) is 1. The highest BCUT2D eigenvalue weighted by atomic mass is 32.2. The number of benzene rings is 2. The summed E-state index contributed by atoms with van der Waals surface area (Å²) < 4.78 is 27.8. The molecule has 3 aromatic rings. The van der Waals surface area contributed by atoms with Crippen LogP contribution >= 0.6 is 0 Å². The van der Waals surface area contributed by atoms with Gasteiger partial charge in [0.05, 0.1) is 5.69 Å². The van der Waals surface area contributed by atoms with E-state index >= 15 is 0 Å². The van der Waals surface area contributed by atoms with Gasteiger partial charge in [0.25, 0.3) is 0 Å². The molecule has 0 unspecified atom stereocenters. The van der Waals surface area contributed by atoms with E-state index in [0.717, 1.165) is 11.1 Å². The van der Waals surface area contributed by atoms with Crippen LogP contribution in [0.25, 0.3) is 0 Å². The molecule has 0 amide bonds. The van der Waals surface area contributed by atoms with Gasteiger partial charge in [-0.05, 0) is 17.2 Å². The van der Waals surface area contributed by atoms with Crippen molar-refractivity contribution >= 4 is 15.7 Å². The second kappa shape index (κ2) is 7.46. The monoisotopic (exact) mass is 353 g/mol. The third kappa shape index (κ3) is 4.04. The van der Waals surface area contributed by atoms with Crippen LogP contribution in [0.3, 0.4) is 0 Å². The number of nitrogen functional groups attached to an aromatic ring is 1. The highest BCUT2D eigenvalue weighted by Crippen LogP contribution is 2.24. The van der Waals surface area contributed by atoms with Crippen LogP contribution in [0.1, 0.15) is 11.1 Å². The molecule has 5 nitrogen and oxygen atoms in total. The molecule has 6 heteroatoms. The smallest absolute Gasteiger partial charge is 0.247 e. The summed E-state index contributed by atoms with van der Waals surface area (Å²) in [5.74, 6) is 0. The minimum Gasteiger partial charge on any atom is -0.398 e. The highest BCUT2D eigenvalue weighted by Gasteiger charge is 2.27. The van der Waals surface area contributed by atoms with Gasteiger partial charge in [-0.15, -0.1) is 0 Å². The molecule has 1 aromatic heterocycles. The predicted molar refractivity (Wildman–Crippen MR) is 98.0 cm³/mol. The van der Waals surface area contributed by atoms with Crippen LogP contribution in [0.2, 0.25) is 0 Å². The number of pyridine rings is 1. The van der Waals surface area contributed by atoms with Gasteiger partial charge in [0.15, 0.2) is 0 Å². The summed E-state index contributed by atoms with van der Waals surface area (Å²) in [5.41, 5.74) is 7.89. The lowest BCUT2D eigenvalue weighted by Gasteiger charge is -2.23. The Kier molecular flexibility index (Phi) is 5.11. The molecule has 25 heavy (non-hydrogen) atoms. The first-order chi connectivity index (χ1) is 12.1. The largest absolute Gasteiger partial charge is 0.398 e. The van der Waals surface area contributed by atoms with E-state index in [1.165, 1.54) is 22.8 Å². The van der Waals surface area contributed by atoms with E-state index in [1.807, 2.05) is 60.7 Å². The average Bonchev–Trinajstić information content (AvgIpc) is 2.63. The van der Waals surface area contributed by atoms with E-state index in [9.17, 15) is 8.42 Å². The minimum absolute atomic E-state index is 0.0295. The fourth-order valence-electron chi connectivity index (χ4n) is 2.55. The van der Waals surface area contributed by atoms with Crippen LogP contribution in [-0.2, 0) is 23.1 Å². The third-order valence-electron chi connectivity index (χ3n) is 3.84. The van der Waals surface area contributed by atoms with E-state index in [0.29, 0.717) is 0 Å². The lowest BCUT2D eigenvalue weighted by atomic mass is 10.2. The maximum absolute atomic E-state index is 13.2. The Balaban J connectivity index is 1.99. The molecule has 0 spiro atoms. The van der Waals surface area contributed by atoms with Gasteiger partial charge >= 0.3 is 0 Å². The Morgan fingerprint density at radius 1 is 0.840 bits per heavy atom. The van der Waals surface area contributed by atoms with Crippen LogP contribution in [0.5, 0.6) is 0 Å². The average molecular weight is 353 g/mol. The zero-order chi connectivity index (χ0) is 17.7. The Morgan fingerprint density at radius 3 is 1.84 bits per heavy atom. The standard InChI is InChI=1S/C19H19N3O2S/c20-18-11-12-21-13-19(18)25(23,24)22(14-16-7-3-1-4-8-16)15-17-9-5-2-6-10-17/h1-13H,14-15H2,(H2,20,21). The molecule has 3 rings (SSSR count). The van der Waals surface area contributed by atoms with Gasteiger partial charge in [-0.3, -0.25) is 4.98 Å². The molecular formula is C19H19N3O2S. The van der Waals surface area contributed by atoms with Gasteiger partial charge in [0, 0.05) is 25.5 Å². The molecular weight excluding hydrogens is 334 g/mol. The van der Waals surface area contributed by atoms with Gasteiger partial charge < -0.3 is 5.73 Å². The minimum atomic E-state index is -3.78. The lowest BCUT2D eigenvalue weighted by Crippen LogP contribution is -2.31. The highest BCUT2D eigenvalue weighted by molar-refractivity contribution is 7.89. The van der Waals surface area contributed by atoms with Gasteiger partial charge in [-0.25, -0.2) is 8.42 Å². The number of aromatic nitrogens is 1. The zero-order valence-corrected chi connectivity index (χ0v) is 14.4. The second-order valence-electron chi connectivity index (χ2n) is 5.66. The van der Waals surface area contributed by atoms with Crippen molar-refractivity contribution in [1.82, 2.24) is 9.29 Å². The number of anilines is 1. The Bertz CT molecular complexity index is 888. The fourth-order valence-corrected chi connectivity index (χ4v) is 4.02. The zero-order valence-electron chi connectivity index (χ0n) is 13.6. The Hall–Kier alpha value is -2.70. The predicted octanol–water partition coefficient (Wildman–Crippen LogP) is 3.05. The molecule has 128 valence electrons. The molecule has 0 saturated carbocycles. The van der Waals surface area contributed by atoms with E-state index in [-0.39, 0.29) is 23.7 Å². The van der Waals surface area contributed by atoms with Gasteiger partial charge in [0.1, 0.15) is 4.90 Å². The maximum atomic E-state index is 13.2. The fraction of sp³-hybridized carbons (Fsp3) is 0.105. The number of hydrogen-bond acceptors (Lipinski definition) is 4. The number of nitrogens with zero attached hydrogens (tertiary/aromatic N) is 2. The van der Waals surface area contributed by atoms with E-state index in [4.69, 9.17) is 5.73 Å². The quantitative estimate of drug-likeness (QED) is 0.739. The van der Waals surface area contributed by atoms with Crippen molar-refractivity contribution in [1.29, 1.82) is 0 Å². The van der Waals surface area contributed by atoms with Gasteiger partial charge in [-0.1, -0.05) is 60.7 Å². The third-order valence-corrected chi connectivity index (χ3v) is 5.67. The molecule has 1 heterocycles. The Labute approximate surface area is 147 Å². The molecule has 0 aliphatic heterocycles. The van der Waals surface area contributed by atoms with Crippen molar-refractivity contribution < 1.29 is 8.42 Å². The molecule has 0 fully saturated rings. The number of rotatable bonds is 6. The van der Waals surface area contributed by atoms with Crippen molar-refractivity contribution in [3.05, 3.63) is 90.3 Å². The van der Waals surface area contributed by atoms with Crippen molar-refractivity contribution in [3.63, 3.8) is 0 Å². The summed E-state index contributed by atoms with van der Waals surface area (Å²) >= 11 is 0. The summed E-state index contributed by atoms with van der Waals surface area (Å²) in [5, 5.41) is 0. The van der Waals surface area contributed by atoms with Crippen LogP contribution < -0.4 is 5.73 Å². The second-order valence-corrected chi connectivity index (χ2v) is 7.56. The normalized spacial score (nSPS) is 11.6. The van der Waals surface area contributed by atoms with Crippen LogP contribution in [0.4, 0.5) is 5.69 Å². The van der Waals surface area contributed by atoms with Crippen molar-refractivity contribution in [2.75, 3.05) is 5.73 Å². The SMILES string of the molecule is Nc1ccncc1S(=O)(=O)N(Cc1ccccc1)Cc1ccccc1. The first kappa shape index (κ1) is 17.1. The molecule has 2 aromatic carbocycles. The first-order valence-electron chi connectivity index (χ1n) is 7.85. The van der Waals surface area contributed by atoms with Crippen molar-refractivity contribution in [2.24, 2.45) is 0 Å². The molecule has 0 aliphatic rings. The van der Waals surface area contributed by atoms with Gasteiger partial charge in [0.2, 0.25) is 10.0 Å². The molecule has 0 radical (unpaired) electrons. The first-order valence-corrected chi connectivity index (χ1v) is 9.29. The molecule has 2 N–H and O–H groups in total. The van der Waals surface area contributed by atoms with E-state index < -0.39 is 10.0 Å². The van der Waals surface area contributed by atoms with Crippen LogP contribution in [0.15, 0.2) is 84.0 Å². The maximum Gasteiger partial charge on any atom is 0.247 e. The number of sulfonamides is 1. The molecule has 0 atom stereocenters. The molecule has 0 bridgehead atoms. The Morgan fingerprint density at radius 2 is 1.36 bits per heavy atom. The van der Waals surface area contributed by atoms with Crippen molar-refractivity contribution in [3.8, 4) is 0 Å². The van der Waals surface area contributed by atoms with Gasteiger partial charge in [-0.2, -0.15) is 4.31 Å². The van der Waals surface area contributed by atoms with Crippen LogP contribution in [0, 0.1) is 0 Å². The topological polar surface area (TPSA) is 76.3 Å². The summed E-state index contributed by atoms with van der Waals surface area (Å²) in [4.78, 5) is 3.95. The summed E-state index contributed by atoms with van der Waals surface area (Å²) in [6.45, 7) is 0.513. The summed E-state index contributed by atoms with van der Waals surface area (Å²) in [7, 11) is -3.78. The van der Waals surface area contributed by atoms with E-state index in [2.05, 4.69) is 4.98 Å². The molecule has 0 saturated heterocycles. The van der Waals surface area contributed by atoms with Crippen LogP contribution in [-0.4, -0.2) is 17.7 Å².